The summed E-state index contributed by atoms with van der Waals surface area (Å²) in [4.78, 5) is 3.55. The Morgan fingerprint density at radius 3 is 2.84 bits per heavy atom. The molecule has 9 heteroatoms. The summed E-state index contributed by atoms with van der Waals surface area (Å²) in [6, 6.07) is 4.59. The average Bonchev–Trinajstić information content (AvgIpc) is 2.92. The molecule has 2 aromatic rings. The van der Waals surface area contributed by atoms with E-state index in [2.05, 4.69) is 19.9 Å². The molecule has 0 aliphatic heterocycles. The summed E-state index contributed by atoms with van der Waals surface area (Å²) in [7, 11) is -2.30. The molecule has 1 aromatic carbocycles. The number of hydrogen-bond donors (Lipinski definition) is 3. The van der Waals surface area contributed by atoms with E-state index < -0.39 is 10.0 Å². The fraction of sp³-hybridized carbons (Fsp3) is 0.200. The lowest BCUT2D eigenvalue weighted by atomic mass is 10.2. The zero-order valence-corrected chi connectivity index (χ0v) is 10.8. The van der Waals surface area contributed by atoms with E-state index in [-0.39, 0.29) is 17.5 Å². The van der Waals surface area contributed by atoms with Crippen LogP contribution in [0.3, 0.4) is 0 Å². The number of phenols is 1. The van der Waals surface area contributed by atoms with Crippen LogP contribution in [0.15, 0.2) is 29.7 Å². The van der Waals surface area contributed by atoms with Crippen molar-refractivity contribution in [3.8, 4) is 11.5 Å². The molecule has 19 heavy (non-hydrogen) atoms. The number of benzene rings is 1. The molecule has 3 N–H and O–H groups in total. The van der Waals surface area contributed by atoms with Crippen LogP contribution < -0.4 is 9.46 Å². The van der Waals surface area contributed by atoms with E-state index in [1.165, 1.54) is 13.2 Å². The molecule has 2 rings (SSSR count). The summed E-state index contributed by atoms with van der Waals surface area (Å²) in [5.74, 6) is 0.430. The van der Waals surface area contributed by atoms with Gasteiger partial charge in [-0.1, -0.05) is 6.07 Å². The number of nitrogens with one attached hydrogen (secondary N) is 2. The molecule has 1 heterocycles. The lowest BCUT2D eigenvalue weighted by molar-refractivity contribution is 0.406. The van der Waals surface area contributed by atoms with Gasteiger partial charge in [0.15, 0.2) is 0 Å². The van der Waals surface area contributed by atoms with Crippen molar-refractivity contribution in [1.29, 1.82) is 0 Å². The topological polar surface area (TPSA) is 117 Å². The fourth-order valence-corrected chi connectivity index (χ4v) is 2.23. The second-order valence-electron chi connectivity index (χ2n) is 3.61. The Kier molecular flexibility index (Phi) is 3.67. The molecule has 0 aliphatic rings. The van der Waals surface area contributed by atoms with Crippen molar-refractivity contribution in [2.24, 2.45) is 0 Å². The number of aromatic amines is 1. The number of rotatable bonds is 5. The van der Waals surface area contributed by atoms with Gasteiger partial charge in [-0.2, -0.15) is 5.10 Å². The molecule has 0 fully saturated rings. The minimum atomic E-state index is -3.77. The van der Waals surface area contributed by atoms with Crippen LogP contribution in [0.25, 0.3) is 0 Å². The average molecular weight is 284 g/mol. The van der Waals surface area contributed by atoms with Crippen LogP contribution >= 0.6 is 0 Å². The number of hydrogen-bond acceptors (Lipinski definition) is 6. The van der Waals surface area contributed by atoms with Gasteiger partial charge in [-0.25, -0.2) is 23.2 Å². The smallest absolute Gasteiger partial charge is 0.276 e. The number of ether oxygens (including phenoxy) is 1. The quantitative estimate of drug-likeness (QED) is 0.711. The van der Waals surface area contributed by atoms with Gasteiger partial charge in [0, 0.05) is 18.2 Å². The van der Waals surface area contributed by atoms with E-state index in [4.69, 9.17) is 4.74 Å². The Bertz CT molecular complexity index is 654. The molecular formula is C10H12N4O4S. The van der Waals surface area contributed by atoms with Crippen molar-refractivity contribution in [2.45, 2.75) is 11.7 Å². The summed E-state index contributed by atoms with van der Waals surface area (Å²) in [5, 5.41) is 15.1. The number of H-pyrrole nitrogens is 1. The zero-order valence-electron chi connectivity index (χ0n) is 9.99. The van der Waals surface area contributed by atoms with Crippen molar-refractivity contribution in [3.05, 3.63) is 30.1 Å². The predicted octanol–water partition coefficient (Wildman–Crippen LogP) is -0.00260. The molecule has 0 saturated heterocycles. The first kappa shape index (κ1) is 13.3. The lowest BCUT2D eigenvalue weighted by Crippen LogP contribution is -2.24. The highest BCUT2D eigenvalue weighted by Gasteiger charge is 2.17. The maximum Gasteiger partial charge on any atom is 0.276 e. The predicted molar refractivity (Wildman–Crippen MR) is 65.1 cm³/mol. The Morgan fingerprint density at radius 1 is 1.47 bits per heavy atom. The first-order valence-electron chi connectivity index (χ1n) is 5.24. The Balaban J connectivity index is 2.11. The van der Waals surface area contributed by atoms with Crippen LogP contribution in [0.1, 0.15) is 5.56 Å². The highest BCUT2D eigenvalue weighted by Crippen LogP contribution is 2.23. The summed E-state index contributed by atoms with van der Waals surface area (Å²) in [6.45, 7) is -0.0706. The molecule has 0 saturated carbocycles. The molecule has 0 radical (unpaired) electrons. The summed E-state index contributed by atoms with van der Waals surface area (Å²) < 4.78 is 30.7. The molecule has 0 aliphatic carbocycles. The molecule has 102 valence electrons. The maximum absolute atomic E-state index is 11.7. The molecule has 0 unspecified atom stereocenters. The van der Waals surface area contributed by atoms with E-state index in [0.717, 1.165) is 6.33 Å². The second-order valence-corrected chi connectivity index (χ2v) is 5.29. The van der Waals surface area contributed by atoms with E-state index in [1.54, 1.807) is 12.1 Å². The van der Waals surface area contributed by atoms with Gasteiger partial charge in [-0.05, 0) is 6.07 Å². The molecule has 0 bridgehead atoms. The van der Waals surface area contributed by atoms with Crippen LogP contribution in [0, 0.1) is 0 Å². The van der Waals surface area contributed by atoms with Crippen molar-refractivity contribution in [2.75, 3.05) is 7.11 Å². The van der Waals surface area contributed by atoms with Crippen LogP contribution in [-0.2, 0) is 16.6 Å². The third-order valence-electron chi connectivity index (χ3n) is 2.39. The van der Waals surface area contributed by atoms with Crippen LogP contribution in [0.4, 0.5) is 0 Å². The minimum Gasteiger partial charge on any atom is -0.507 e. The number of sulfonamides is 1. The van der Waals surface area contributed by atoms with Gasteiger partial charge in [0.2, 0.25) is 0 Å². The van der Waals surface area contributed by atoms with Crippen molar-refractivity contribution in [1.82, 2.24) is 19.9 Å². The highest BCUT2D eigenvalue weighted by molar-refractivity contribution is 7.89. The van der Waals surface area contributed by atoms with Gasteiger partial charge >= 0.3 is 0 Å². The Hall–Kier alpha value is -2.13. The number of phenolic OH excluding ortho intramolecular Hbond substituents is 1. The van der Waals surface area contributed by atoms with Crippen molar-refractivity contribution >= 4 is 10.0 Å². The summed E-state index contributed by atoms with van der Waals surface area (Å²) >= 11 is 0. The van der Waals surface area contributed by atoms with Gasteiger partial charge in [-0.15, -0.1) is 0 Å². The van der Waals surface area contributed by atoms with Crippen LogP contribution in [0.5, 0.6) is 11.5 Å². The number of methoxy groups -OCH3 is 1. The minimum absolute atomic E-state index is 0.0559. The summed E-state index contributed by atoms with van der Waals surface area (Å²) in [6.07, 6.45) is 1.10. The van der Waals surface area contributed by atoms with E-state index in [0.29, 0.717) is 11.3 Å². The normalized spacial score (nSPS) is 11.4. The Labute approximate surface area is 109 Å². The van der Waals surface area contributed by atoms with Crippen molar-refractivity contribution < 1.29 is 18.3 Å². The van der Waals surface area contributed by atoms with Gasteiger partial charge in [-0.3, -0.25) is 0 Å². The van der Waals surface area contributed by atoms with Crippen LogP contribution in [-0.4, -0.2) is 35.8 Å². The molecule has 0 atom stereocenters. The van der Waals surface area contributed by atoms with Gasteiger partial charge in [0.05, 0.1) is 7.11 Å². The third kappa shape index (κ3) is 3.01. The number of aromatic hydroxyl groups is 1. The van der Waals surface area contributed by atoms with Crippen molar-refractivity contribution in [3.63, 3.8) is 0 Å². The van der Waals surface area contributed by atoms with E-state index in [9.17, 15) is 13.5 Å². The maximum atomic E-state index is 11.7. The largest absolute Gasteiger partial charge is 0.507 e. The molecular weight excluding hydrogens is 272 g/mol. The highest BCUT2D eigenvalue weighted by atomic mass is 32.2. The number of nitrogens with zero attached hydrogens (tertiary/aromatic N) is 2. The standard InChI is InChI=1S/C10H12N4O4S/c1-18-8-3-2-7(9(15)4-8)5-13-19(16,17)10-11-6-12-14-10/h2-4,6,13,15H,5H2,1H3,(H,11,12,14). The van der Waals surface area contributed by atoms with Gasteiger partial charge < -0.3 is 9.84 Å². The fourth-order valence-electron chi connectivity index (χ4n) is 1.38. The van der Waals surface area contributed by atoms with Gasteiger partial charge in [0.25, 0.3) is 15.2 Å². The lowest BCUT2D eigenvalue weighted by Gasteiger charge is -2.07. The molecule has 0 amide bonds. The zero-order chi connectivity index (χ0) is 13.9. The number of aromatic nitrogens is 3. The summed E-state index contributed by atoms with van der Waals surface area (Å²) in [5.41, 5.74) is 0.420. The second kappa shape index (κ2) is 5.24. The first-order valence-corrected chi connectivity index (χ1v) is 6.72. The van der Waals surface area contributed by atoms with Gasteiger partial charge in [0.1, 0.15) is 17.8 Å². The van der Waals surface area contributed by atoms with E-state index >= 15 is 0 Å². The molecule has 8 nitrogen and oxygen atoms in total. The van der Waals surface area contributed by atoms with E-state index in [1.807, 2.05) is 0 Å². The monoisotopic (exact) mass is 284 g/mol. The molecule has 0 spiro atoms. The van der Waals surface area contributed by atoms with Crippen LogP contribution in [0.2, 0.25) is 0 Å². The molecule has 1 aromatic heterocycles. The Morgan fingerprint density at radius 2 is 2.26 bits per heavy atom. The first-order chi connectivity index (χ1) is 9.03. The third-order valence-corrected chi connectivity index (χ3v) is 3.62. The SMILES string of the molecule is COc1ccc(CNS(=O)(=O)c2ncn[nH]2)c(O)c1.